The van der Waals surface area contributed by atoms with Crippen molar-refractivity contribution in [3.8, 4) is 5.75 Å². The Labute approximate surface area is 114 Å². The van der Waals surface area contributed by atoms with E-state index in [1.165, 1.54) is 0 Å². The van der Waals surface area contributed by atoms with Crippen molar-refractivity contribution in [2.45, 2.75) is 39.2 Å². The number of carboxylic acid groups (broad SMARTS) is 1. The first-order valence-corrected chi connectivity index (χ1v) is 6.66. The maximum absolute atomic E-state index is 11.3. The second-order valence-electron chi connectivity index (χ2n) is 4.93. The molecule has 0 amide bonds. The number of benzene rings is 1. The maximum Gasteiger partial charge on any atom is 0.323 e. The van der Waals surface area contributed by atoms with Crippen molar-refractivity contribution in [3.63, 3.8) is 0 Å². The van der Waals surface area contributed by atoms with E-state index < -0.39 is 11.5 Å². The van der Waals surface area contributed by atoms with Gasteiger partial charge in [0.2, 0.25) is 0 Å². The van der Waals surface area contributed by atoms with Gasteiger partial charge in [0.15, 0.2) is 0 Å². The van der Waals surface area contributed by atoms with Crippen molar-refractivity contribution in [1.29, 1.82) is 0 Å². The summed E-state index contributed by atoms with van der Waals surface area (Å²) in [6.45, 7) is 6.75. The van der Waals surface area contributed by atoms with E-state index in [9.17, 15) is 9.90 Å². The molecule has 0 aliphatic carbocycles. The molecular formula is C15H23NO3. The van der Waals surface area contributed by atoms with Gasteiger partial charge in [-0.15, -0.1) is 0 Å². The Hall–Kier alpha value is -1.55. The quantitative estimate of drug-likeness (QED) is 0.758. The van der Waals surface area contributed by atoms with Gasteiger partial charge in [-0.2, -0.15) is 0 Å². The number of hydrogen-bond donors (Lipinski definition) is 2. The molecule has 0 aliphatic heterocycles. The molecule has 1 aromatic rings. The molecule has 1 rings (SSSR count). The Morgan fingerprint density at radius 3 is 2.68 bits per heavy atom. The molecule has 19 heavy (non-hydrogen) atoms. The van der Waals surface area contributed by atoms with Gasteiger partial charge >= 0.3 is 5.97 Å². The van der Waals surface area contributed by atoms with Crippen LogP contribution in [0.25, 0.3) is 0 Å². The van der Waals surface area contributed by atoms with Gasteiger partial charge in [0, 0.05) is 6.42 Å². The number of hydrogen-bond acceptors (Lipinski definition) is 3. The number of nitrogens with one attached hydrogen (secondary N) is 1. The summed E-state index contributed by atoms with van der Waals surface area (Å²) >= 11 is 0. The van der Waals surface area contributed by atoms with E-state index in [0.29, 0.717) is 19.6 Å². The van der Waals surface area contributed by atoms with Crippen LogP contribution in [0, 0.1) is 6.92 Å². The summed E-state index contributed by atoms with van der Waals surface area (Å²) in [5.74, 6) is -0.0277. The second-order valence-corrected chi connectivity index (χ2v) is 4.93. The summed E-state index contributed by atoms with van der Waals surface area (Å²) in [5, 5.41) is 12.4. The number of para-hydroxylation sites is 1. The van der Waals surface area contributed by atoms with Crippen LogP contribution in [0.3, 0.4) is 0 Å². The van der Waals surface area contributed by atoms with Crippen molar-refractivity contribution < 1.29 is 14.6 Å². The Morgan fingerprint density at radius 1 is 1.42 bits per heavy atom. The van der Waals surface area contributed by atoms with Gasteiger partial charge in [-0.3, -0.25) is 4.79 Å². The lowest BCUT2D eigenvalue weighted by molar-refractivity contribution is -0.144. The van der Waals surface area contributed by atoms with Gasteiger partial charge in [-0.05, 0) is 38.4 Å². The molecule has 0 saturated heterocycles. The third kappa shape index (κ3) is 4.56. The highest BCUT2D eigenvalue weighted by atomic mass is 16.5. The van der Waals surface area contributed by atoms with Crippen LogP contribution < -0.4 is 10.1 Å². The first kappa shape index (κ1) is 15.5. The third-order valence-electron chi connectivity index (χ3n) is 3.19. The lowest BCUT2D eigenvalue weighted by Gasteiger charge is -2.26. The SMILES string of the molecule is CCCNC(C)(CCOc1ccccc1C)C(=O)O. The summed E-state index contributed by atoms with van der Waals surface area (Å²) in [5.41, 5.74) is 0.125. The third-order valence-corrected chi connectivity index (χ3v) is 3.19. The molecule has 2 N–H and O–H groups in total. The molecule has 4 heteroatoms. The molecule has 1 atom stereocenters. The Kier molecular flexibility index (Phi) is 5.83. The zero-order valence-electron chi connectivity index (χ0n) is 11.9. The minimum Gasteiger partial charge on any atom is -0.493 e. The van der Waals surface area contributed by atoms with Crippen LogP contribution in [0.15, 0.2) is 24.3 Å². The van der Waals surface area contributed by atoms with Crippen molar-refractivity contribution in [3.05, 3.63) is 29.8 Å². The predicted octanol–water partition coefficient (Wildman–Crippen LogP) is 2.61. The molecule has 0 spiro atoms. The highest BCUT2D eigenvalue weighted by Crippen LogP contribution is 2.18. The summed E-state index contributed by atoms with van der Waals surface area (Å²) in [7, 11) is 0. The van der Waals surface area contributed by atoms with Crippen LogP contribution in [0.2, 0.25) is 0 Å². The number of rotatable bonds is 8. The van der Waals surface area contributed by atoms with Gasteiger partial charge in [0.25, 0.3) is 0 Å². The average molecular weight is 265 g/mol. The number of aryl methyl sites for hydroxylation is 1. The summed E-state index contributed by atoms with van der Waals surface area (Å²) in [4.78, 5) is 11.3. The number of carboxylic acids is 1. The van der Waals surface area contributed by atoms with E-state index in [2.05, 4.69) is 5.32 Å². The van der Waals surface area contributed by atoms with Crippen LogP contribution >= 0.6 is 0 Å². The molecule has 0 bridgehead atoms. The topological polar surface area (TPSA) is 58.6 Å². The normalized spacial score (nSPS) is 13.8. The number of carbonyl (C=O) groups is 1. The molecule has 0 aromatic heterocycles. The molecule has 0 saturated carbocycles. The molecule has 0 aliphatic rings. The molecule has 0 heterocycles. The molecule has 1 unspecified atom stereocenters. The number of ether oxygens (including phenoxy) is 1. The van der Waals surface area contributed by atoms with Crippen LogP contribution in [0.5, 0.6) is 5.75 Å². The van der Waals surface area contributed by atoms with E-state index >= 15 is 0 Å². The highest BCUT2D eigenvalue weighted by molar-refractivity contribution is 5.78. The summed E-state index contributed by atoms with van der Waals surface area (Å²) < 4.78 is 5.66. The standard InChI is InChI=1S/C15H23NO3/c1-4-10-16-15(3,14(17)18)9-11-19-13-8-6-5-7-12(13)2/h5-8,16H,4,9-11H2,1-3H3,(H,17,18). The van der Waals surface area contributed by atoms with Crippen LogP contribution in [0.1, 0.15) is 32.3 Å². The van der Waals surface area contributed by atoms with Gasteiger partial charge in [-0.25, -0.2) is 0 Å². The van der Waals surface area contributed by atoms with Crippen molar-refractivity contribution >= 4 is 5.97 Å². The van der Waals surface area contributed by atoms with Crippen molar-refractivity contribution in [2.75, 3.05) is 13.2 Å². The van der Waals surface area contributed by atoms with E-state index in [1.807, 2.05) is 38.1 Å². The van der Waals surface area contributed by atoms with Crippen molar-refractivity contribution in [1.82, 2.24) is 5.32 Å². The fourth-order valence-electron chi connectivity index (χ4n) is 1.76. The van der Waals surface area contributed by atoms with Crippen LogP contribution in [-0.2, 0) is 4.79 Å². The van der Waals surface area contributed by atoms with E-state index in [-0.39, 0.29) is 0 Å². The molecule has 0 radical (unpaired) electrons. The Morgan fingerprint density at radius 2 is 2.11 bits per heavy atom. The average Bonchev–Trinajstić information content (AvgIpc) is 2.38. The first-order chi connectivity index (χ1) is 8.99. The largest absolute Gasteiger partial charge is 0.493 e. The lowest BCUT2D eigenvalue weighted by Crippen LogP contribution is -2.50. The lowest BCUT2D eigenvalue weighted by atomic mass is 9.98. The first-order valence-electron chi connectivity index (χ1n) is 6.66. The number of aliphatic carboxylic acids is 1. The maximum atomic E-state index is 11.3. The Balaban J connectivity index is 2.53. The molecule has 1 aromatic carbocycles. The molecule has 106 valence electrons. The van der Waals surface area contributed by atoms with Gasteiger partial charge in [-0.1, -0.05) is 25.1 Å². The van der Waals surface area contributed by atoms with E-state index in [1.54, 1.807) is 6.92 Å². The van der Waals surface area contributed by atoms with Gasteiger partial charge in [0.05, 0.1) is 6.61 Å². The summed E-state index contributed by atoms with van der Waals surface area (Å²) in [6.07, 6.45) is 1.33. The fraction of sp³-hybridized carbons (Fsp3) is 0.533. The minimum absolute atomic E-state index is 0.379. The molecule has 0 fully saturated rings. The highest BCUT2D eigenvalue weighted by Gasteiger charge is 2.32. The zero-order chi connectivity index (χ0) is 14.3. The Bertz CT molecular complexity index is 420. The van der Waals surface area contributed by atoms with E-state index in [4.69, 9.17) is 4.74 Å². The monoisotopic (exact) mass is 265 g/mol. The fourth-order valence-corrected chi connectivity index (χ4v) is 1.76. The van der Waals surface area contributed by atoms with Crippen molar-refractivity contribution in [2.24, 2.45) is 0 Å². The van der Waals surface area contributed by atoms with Gasteiger partial charge in [0.1, 0.15) is 11.3 Å². The van der Waals surface area contributed by atoms with E-state index in [0.717, 1.165) is 17.7 Å². The molecular weight excluding hydrogens is 242 g/mol. The second kappa shape index (κ2) is 7.14. The summed E-state index contributed by atoms with van der Waals surface area (Å²) in [6, 6.07) is 7.73. The smallest absolute Gasteiger partial charge is 0.323 e. The predicted molar refractivity (Wildman–Crippen MR) is 75.6 cm³/mol. The zero-order valence-corrected chi connectivity index (χ0v) is 11.9. The molecule has 4 nitrogen and oxygen atoms in total. The van der Waals surface area contributed by atoms with Gasteiger partial charge < -0.3 is 15.2 Å². The van der Waals surface area contributed by atoms with Crippen LogP contribution in [0.4, 0.5) is 0 Å². The minimum atomic E-state index is -0.932. The van der Waals surface area contributed by atoms with Crippen LogP contribution in [-0.4, -0.2) is 29.8 Å².